The molecule has 1 aliphatic heterocycles. The molecule has 1 saturated heterocycles. The minimum atomic E-state index is -0.827. The van der Waals surface area contributed by atoms with Crippen molar-refractivity contribution in [1.82, 2.24) is 0 Å². The lowest BCUT2D eigenvalue weighted by molar-refractivity contribution is -0.138. The van der Waals surface area contributed by atoms with Gasteiger partial charge < -0.3 is 10.0 Å². The van der Waals surface area contributed by atoms with Crippen molar-refractivity contribution in [2.45, 2.75) is 18.9 Å². The molecule has 17 heavy (non-hydrogen) atoms. The van der Waals surface area contributed by atoms with Crippen molar-refractivity contribution in [1.29, 1.82) is 5.26 Å². The average molecular weight is 295 g/mol. The summed E-state index contributed by atoms with van der Waals surface area (Å²) in [6.07, 6.45) is 1.47. The molecule has 5 heteroatoms. The van der Waals surface area contributed by atoms with Gasteiger partial charge in [0.1, 0.15) is 12.1 Å². The molecule has 4 nitrogen and oxygen atoms in total. The summed E-state index contributed by atoms with van der Waals surface area (Å²) in [5.41, 5.74) is 1.22. The molecule has 1 aliphatic rings. The minimum Gasteiger partial charge on any atom is -0.480 e. The second kappa shape index (κ2) is 4.76. The first-order chi connectivity index (χ1) is 8.13. The van der Waals surface area contributed by atoms with Crippen LogP contribution in [-0.2, 0) is 4.79 Å². The van der Waals surface area contributed by atoms with Gasteiger partial charge in [-0.05, 0) is 31.0 Å². The lowest BCUT2D eigenvalue weighted by atomic mass is 10.1. The van der Waals surface area contributed by atoms with Gasteiger partial charge in [0.05, 0.1) is 11.3 Å². The molecule has 0 saturated carbocycles. The van der Waals surface area contributed by atoms with Crippen LogP contribution in [0.3, 0.4) is 0 Å². The van der Waals surface area contributed by atoms with E-state index in [0.29, 0.717) is 24.2 Å². The molecule has 88 valence electrons. The van der Waals surface area contributed by atoms with Gasteiger partial charge in [-0.25, -0.2) is 4.79 Å². The van der Waals surface area contributed by atoms with E-state index in [-0.39, 0.29) is 0 Å². The summed E-state index contributed by atoms with van der Waals surface area (Å²) in [6, 6.07) is 6.88. The number of nitriles is 1. The molecule has 0 spiro atoms. The Bertz CT molecular complexity index is 496. The molecule has 1 N–H and O–H groups in total. The second-order valence-electron chi connectivity index (χ2n) is 3.96. The molecule has 1 aromatic carbocycles. The fraction of sp³-hybridized carbons (Fsp3) is 0.333. The van der Waals surface area contributed by atoms with Crippen molar-refractivity contribution in [3.8, 4) is 6.07 Å². The highest BCUT2D eigenvalue weighted by Crippen LogP contribution is 2.31. The number of carboxylic acids is 1. The minimum absolute atomic E-state index is 0.515. The third-order valence-corrected chi connectivity index (χ3v) is 3.42. The summed E-state index contributed by atoms with van der Waals surface area (Å²) >= 11 is 3.35. The molecule has 1 atom stereocenters. The number of benzene rings is 1. The molecule has 0 amide bonds. The van der Waals surface area contributed by atoms with Gasteiger partial charge in [-0.15, -0.1) is 0 Å². The van der Waals surface area contributed by atoms with E-state index in [4.69, 9.17) is 10.4 Å². The van der Waals surface area contributed by atoms with E-state index in [1.165, 1.54) is 0 Å². The lowest BCUT2D eigenvalue weighted by Crippen LogP contribution is -2.36. The first-order valence-corrected chi connectivity index (χ1v) is 6.12. The summed E-state index contributed by atoms with van der Waals surface area (Å²) in [4.78, 5) is 12.9. The molecule has 0 radical (unpaired) electrons. The van der Waals surface area contributed by atoms with E-state index in [1.807, 2.05) is 0 Å². The number of rotatable bonds is 2. The van der Waals surface area contributed by atoms with E-state index >= 15 is 0 Å². The van der Waals surface area contributed by atoms with Crippen LogP contribution in [-0.4, -0.2) is 23.7 Å². The van der Waals surface area contributed by atoms with Crippen LogP contribution in [0.2, 0.25) is 0 Å². The number of halogens is 1. The second-order valence-corrected chi connectivity index (χ2v) is 4.88. The number of carbonyl (C=O) groups is 1. The van der Waals surface area contributed by atoms with Crippen LogP contribution in [0.5, 0.6) is 0 Å². The first-order valence-electron chi connectivity index (χ1n) is 5.32. The van der Waals surface area contributed by atoms with Crippen LogP contribution in [0.4, 0.5) is 5.69 Å². The fourth-order valence-electron chi connectivity index (χ4n) is 2.15. The molecular formula is C12H11BrN2O2. The van der Waals surface area contributed by atoms with Crippen LogP contribution >= 0.6 is 15.9 Å². The third kappa shape index (κ3) is 2.27. The maximum Gasteiger partial charge on any atom is 0.326 e. The summed E-state index contributed by atoms with van der Waals surface area (Å²) in [5, 5.41) is 18.2. The molecule has 0 bridgehead atoms. The number of aliphatic carboxylic acids is 1. The highest BCUT2D eigenvalue weighted by Gasteiger charge is 2.31. The third-order valence-electron chi connectivity index (χ3n) is 2.93. The predicted octanol–water partition coefficient (Wildman–Crippen LogP) is 2.37. The molecular weight excluding hydrogens is 284 g/mol. The van der Waals surface area contributed by atoms with E-state index < -0.39 is 12.0 Å². The normalized spacial score (nSPS) is 19.1. The Kier molecular flexibility index (Phi) is 3.34. The summed E-state index contributed by atoms with van der Waals surface area (Å²) in [7, 11) is 0. The highest BCUT2D eigenvalue weighted by atomic mass is 79.9. The maximum absolute atomic E-state index is 11.1. The Morgan fingerprint density at radius 3 is 3.00 bits per heavy atom. The molecule has 1 unspecified atom stereocenters. The fourth-order valence-corrected chi connectivity index (χ4v) is 2.50. The number of nitrogens with zero attached hydrogens (tertiary/aromatic N) is 2. The molecule has 0 aliphatic carbocycles. The van der Waals surface area contributed by atoms with Crippen molar-refractivity contribution < 1.29 is 9.90 Å². The molecule has 1 aromatic rings. The smallest absolute Gasteiger partial charge is 0.326 e. The monoisotopic (exact) mass is 294 g/mol. The van der Waals surface area contributed by atoms with E-state index in [0.717, 1.165) is 10.9 Å². The van der Waals surface area contributed by atoms with Crippen molar-refractivity contribution in [3.05, 3.63) is 28.2 Å². The zero-order valence-corrected chi connectivity index (χ0v) is 10.6. The first kappa shape index (κ1) is 11.9. The molecule has 1 fully saturated rings. The SMILES string of the molecule is N#Cc1ccc(Br)cc1N1CCCC1C(=O)O. The summed E-state index contributed by atoms with van der Waals surface area (Å²) in [5.74, 6) is -0.827. The maximum atomic E-state index is 11.1. The largest absolute Gasteiger partial charge is 0.480 e. The molecule has 1 heterocycles. The van der Waals surface area contributed by atoms with Crippen molar-refractivity contribution in [3.63, 3.8) is 0 Å². The van der Waals surface area contributed by atoms with Crippen LogP contribution in [0.1, 0.15) is 18.4 Å². The average Bonchev–Trinajstić information content (AvgIpc) is 2.77. The zero-order chi connectivity index (χ0) is 12.4. The number of carboxylic acid groups (broad SMARTS) is 1. The van der Waals surface area contributed by atoms with Crippen LogP contribution in [0.15, 0.2) is 22.7 Å². The van der Waals surface area contributed by atoms with Crippen LogP contribution in [0.25, 0.3) is 0 Å². The zero-order valence-electron chi connectivity index (χ0n) is 9.06. The van der Waals surface area contributed by atoms with Gasteiger partial charge in [-0.2, -0.15) is 5.26 Å². The summed E-state index contributed by atoms with van der Waals surface area (Å²) < 4.78 is 0.850. The van der Waals surface area contributed by atoms with Gasteiger partial charge >= 0.3 is 5.97 Å². The number of anilines is 1. The topological polar surface area (TPSA) is 64.3 Å². The predicted molar refractivity (Wildman–Crippen MR) is 66.9 cm³/mol. The summed E-state index contributed by atoms with van der Waals surface area (Å²) in [6.45, 7) is 0.683. The Hall–Kier alpha value is -1.54. The molecule has 0 aromatic heterocycles. The standard InChI is InChI=1S/C12H11BrN2O2/c13-9-4-3-8(7-14)11(6-9)15-5-1-2-10(15)12(16)17/h3-4,6,10H,1-2,5H2,(H,16,17). The van der Waals surface area contributed by atoms with E-state index in [2.05, 4.69) is 22.0 Å². The number of hydrogen-bond donors (Lipinski definition) is 1. The number of hydrogen-bond acceptors (Lipinski definition) is 3. The quantitative estimate of drug-likeness (QED) is 0.909. The van der Waals surface area contributed by atoms with Gasteiger partial charge in [0.25, 0.3) is 0 Å². The Balaban J connectivity index is 2.42. The Morgan fingerprint density at radius 2 is 2.35 bits per heavy atom. The van der Waals surface area contributed by atoms with Crippen LogP contribution in [0, 0.1) is 11.3 Å². The van der Waals surface area contributed by atoms with Gasteiger partial charge in [0.15, 0.2) is 0 Å². The van der Waals surface area contributed by atoms with Gasteiger partial charge in [0.2, 0.25) is 0 Å². The van der Waals surface area contributed by atoms with Crippen LogP contribution < -0.4 is 4.90 Å². The lowest BCUT2D eigenvalue weighted by Gasteiger charge is -2.24. The van der Waals surface area contributed by atoms with E-state index in [9.17, 15) is 4.79 Å². The van der Waals surface area contributed by atoms with Crippen molar-refractivity contribution in [2.75, 3.05) is 11.4 Å². The van der Waals surface area contributed by atoms with Gasteiger partial charge in [0, 0.05) is 11.0 Å². The van der Waals surface area contributed by atoms with Crippen molar-refractivity contribution in [2.24, 2.45) is 0 Å². The van der Waals surface area contributed by atoms with Crippen molar-refractivity contribution >= 4 is 27.6 Å². The Labute approximate surface area is 108 Å². The van der Waals surface area contributed by atoms with Gasteiger partial charge in [-0.1, -0.05) is 15.9 Å². The Morgan fingerprint density at radius 1 is 1.59 bits per heavy atom. The molecule has 2 rings (SSSR count). The van der Waals surface area contributed by atoms with Gasteiger partial charge in [-0.3, -0.25) is 0 Å². The highest BCUT2D eigenvalue weighted by molar-refractivity contribution is 9.10. The van der Waals surface area contributed by atoms with E-state index in [1.54, 1.807) is 23.1 Å².